The van der Waals surface area contributed by atoms with Gasteiger partial charge in [0.25, 0.3) is 0 Å². The number of aryl methyl sites for hydroxylation is 1. The van der Waals surface area contributed by atoms with Gasteiger partial charge in [-0.1, -0.05) is 36.4 Å². The Morgan fingerprint density at radius 1 is 1.25 bits per heavy atom. The minimum absolute atomic E-state index is 0.0398. The highest BCUT2D eigenvalue weighted by Crippen LogP contribution is 2.08. The molecule has 0 aliphatic heterocycles. The maximum absolute atomic E-state index is 11.8. The Balaban J connectivity index is 1.82. The van der Waals surface area contributed by atoms with Crippen molar-refractivity contribution in [3.63, 3.8) is 0 Å². The standard InChI is InChI=1S/C16H19N3O/c1-12-7-8-13(10-18-12)9-16(20)19-11-15(17)14-5-3-2-4-6-14/h2-8,10,15H,9,11,17H2,1H3,(H,19,20). The lowest BCUT2D eigenvalue weighted by molar-refractivity contribution is -0.120. The fraction of sp³-hybridized carbons (Fsp3) is 0.250. The van der Waals surface area contributed by atoms with Crippen LogP contribution in [-0.2, 0) is 11.2 Å². The monoisotopic (exact) mass is 269 g/mol. The van der Waals surface area contributed by atoms with E-state index in [1.54, 1.807) is 6.20 Å². The van der Waals surface area contributed by atoms with E-state index in [0.717, 1.165) is 16.8 Å². The zero-order valence-corrected chi connectivity index (χ0v) is 11.5. The van der Waals surface area contributed by atoms with Gasteiger partial charge in [-0.25, -0.2) is 0 Å². The van der Waals surface area contributed by atoms with Crippen LogP contribution in [0.25, 0.3) is 0 Å². The number of amides is 1. The molecule has 0 aliphatic rings. The van der Waals surface area contributed by atoms with Gasteiger partial charge in [-0.05, 0) is 24.1 Å². The van der Waals surface area contributed by atoms with Crippen molar-refractivity contribution in [2.75, 3.05) is 6.54 Å². The molecule has 1 amide bonds. The first-order chi connectivity index (χ1) is 9.65. The number of benzene rings is 1. The van der Waals surface area contributed by atoms with E-state index in [1.165, 1.54) is 0 Å². The van der Waals surface area contributed by atoms with Gasteiger partial charge >= 0.3 is 0 Å². The number of carbonyl (C=O) groups is 1. The molecular weight excluding hydrogens is 250 g/mol. The van der Waals surface area contributed by atoms with Crippen LogP contribution in [0, 0.1) is 6.92 Å². The van der Waals surface area contributed by atoms with E-state index in [4.69, 9.17) is 5.73 Å². The summed E-state index contributed by atoms with van der Waals surface area (Å²) in [7, 11) is 0. The minimum Gasteiger partial charge on any atom is -0.354 e. The molecule has 4 nitrogen and oxygen atoms in total. The van der Waals surface area contributed by atoms with Gasteiger partial charge in [0, 0.05) is 24.5 Å². The van der Waals surface area contributed by atoms with Crippen molar-refractivity contribution in [2.24, 2.45) is 5.73 Å². The van der Waals surface area contributed by atoms with Crippen LogP contribution in [0.15, 0.2) is 48.7 Å². The molecule has 1 heterocycles. The van der Waals surface area contributed by atoms with Crippen LogP contribution in [0.4, 0.5) is 0 Å². The Hall–Kier alpha value is -2.20. The molecule has 4 heteroatoms. The Bertz CT molecular complexity index is 552. The summed E-state index contributed by atoms with van der Waals surface area (Å²) in [6, 6.07) is 13.4. The van der Waals surface area contributed by atoms with Gasteiger partial charge in [0.15, 0.2) is 0 Å². The molecule has 0 bridgehead atoms. The summed E-state index contributed by atoms with van der Waals surface area (Å²) in [5, 5.41) is 2.85. The lowest BCUT2D eigenvalue weighted by Crippen LogP contribution is -2.32. The smallest absolute Gasteiger partial charge is 0.224 e. The molecule has 0 saturated carbocycles. The number of nitrogens with two attached hydrogens (primary N) is 1. The molecule has 2 rings (SSSR count). The number of nitrogens with zero attached hydrogens (tertiary/aromatic N) is 1. The van der Waals surface area contributed by atoms with Crippen LogP contribution in [-0.4, -0.2) is 17.4 Å². The predicted molar refractivity (Wildman–Crippen MR) is 79.1 cm³/mol. The highest BCUT2D eigenvalue weighted by atomic mass is 16.1. The highest BCUT2D eigenvalue weighted by molar-refractivity contribution is 5.78. The van der Waals surface area contributed by atoms with Crippen LogP contribution in [0.3, 0.4) is 0 Å². The summed E-state index contributed by atoms with van der Waals surface area (Å²) >= 11 is 0. The quantitative estimate of drug-likeness (QED) is 0.869. The molecule has 0 saturated heterocycles. The van der Waals surface area contributed by atoms with Crippen molar-refractivity contribution in [1.82, 2.24) is 10.3 Å². The van der Waals surface area contributed by atoms with E-state index < -0.39 is 0 Å². The van der Waals surface area contributed by atoms with Gasteiger partial charge in [0.2, 0.25) is 5.91 Å². The van der Waals surface area contributed by atoms with Gasteiger partial charge in [0.1, 0.15) is 0 Å². The maximum Gasteiger partial charge on any atom is 0.224 e. The molecule has 2 aromatic rings. The SMILES string of the molecule is Cc1ccc(CC(=O)NCC(N)c2ccccc2)cn1. The Kier molecular flexibility index (Phi) is 4.85. The number of carbonyl (C=O) groups excluding carboxylic acids is 1. The maximum atomic E-state index is 11.8. The summed E-state index contributed by atoms with van der Waals surface area (Å²) < 4.78 is 0. The second-order valence-electron chi connectivity index (χ2n) is 4.81. The fourth-order valence-corrected chi connectivity index (χ4v) is 1.89. The summed E-state index contributed by atoms with van der Waals surface area (Å²) in [4.78, 5) is 16.0. The average molecular weight is 269 g/mol. The number of hydrogen-bond donors (Lipinski definition) is 2. The van der Waals surface area contributed by atoms with Crippen molar-refractivity contribution < 1.29 is 4.79 Å². The molecule has 0 spiro atoms. The van der Waals surface area contributed by atoms with E-state index in [-0.39, 0.29) is 11.9 Å². The zero-order valence-electron chi connectivity index (χ0n) is 11.5. The van der Waals surface area contributed by atoms with Gasteiger partial charge in [-0.2, -0.15) is 0 Å². The van der Waals surface area contributed by atoms with Gasteiger partial charge in [0.05, 0.1) is 6.42 Å². The predicted octanol–water partition coefficient (Wildman–Crippen LogP) is 1.75. The lowest BCUT2D eigenvalue weighted by Gasteiger charge is -2.13. The van der Waals surface area contributed by atoms with Gasteiger partial charge in [-0.3, -0.25) is 9.78 Å². The van der Waals surface area contributed by atoms with Gasteiger partial charge in [-0.15, -0.1) is 0 Å². The van der Waals surface area contributed by atoms with E-state index in [1.807, 2.05) is 49.4 Å². The Morgan fingerprint density at radius 2 is 2.00 bits per heavy atom. The number of aromatic nitrogens is 1. The van der Waals surface area contributed by atoms with Crippen molar-refractivity contribution in [1.29, 1.82) is 0 Å². The number of nitrogens with one attached hydrogen (secondary N) is 1. The average Bonchev–Trinajstić information content (AvgIpc) is 2.48. The van der Waals surface area contributed by atoms with E-state index in [9.17, 15) is 4.79 Å². The third kappa shape index (κ3) is 4.17. The molecule has 20 heavy (non-hydrogen) atoms. The van der Waals surface area contributed by atoms with Gasteiger partial charge < -0.3 is 11.1 Å². The first-order valence-electron chi connectivity index (χ1n) is 6.64. The number of rotatable bonds is 5. The molecule has 0 fully saturated rings. The molecule has 0 radical (unpaired) electrons. The second kappa shape index (κ2) is 6.82. The van der Waals surface area contributed by atoms with Crippen LogP contribution < -0.4 is 11.1 Å². The summed E-state index contributed by atoms with van der Waals surface area (Å²) in [5.74, 6) is -0.0398. The summed E-state index contributed by atoms with van der Waals surface area (Å²) in [5.41, 5.74) is 8.90. The molecule has 0 aliphatic carbocycles. The first kappa shape index (κ1) is 14.2. The zero-order chi connectivity index (χ0) is 14.4. The molecule has 1 aromatic heterocycles. The highest BCUT2D eigenvalue weighted by Gasteiger charge is 2.08. The third-order valence-electron chi connectivity index (χ3n) is 3.08. The fourth-order valence-electron chi connectivity index (χ4n) is 1.89. The number of pyridine rings is 1. The molecule has 1 unspecified atom stereocenters. The van der Waals surface area contributed by atoms with Crippen LogP contribution >= 0.6 is 0 Å². The summed E-state index contributed by atoms with van der Waals surface area (Å²) in [6.45, 7) is 2.35. The van der Waals surface area contributed by atoms with E-state index >= 15 is 0 Å². The molecule has 1 atom stereocenters. The van der Waals surface area contributed by atoms with Crippen molar-refractivity contribution in [2.45, 2.75) is 19.4 Å². The normalized spacial score (nSPS) is 11.9. The van der Waals surface area contributed by atoms with Crippen molar-refractivity contribution in [3.8, 4) is 0 Å². The minimum atomic E-state index is -0.184. The van der Waals surface area contributed by atoms with Crippen molar-refractivity contribution >= 4 is 5.91 Å². The van der Waals surface area contributed by atoms with E-state index in [0.29, 0.717) is 13.0 Å². The molecular formula is C16H19N3O. The third-order valence-corrected chi connectivity index (χ3v) is 3.08. The lowest BCUT2D eigenvalue weighted by atomic mass is 10.1. The molecule has 1 aromatic carbocycles. The van der Waals surface area contributed by atoms with Crippen LogP contribution in [0.5, 0.6) is 0 Å². The topological polar surface area (TPSA) is 68.0 Å². The Labute approximate surface area is 119 Å². The Morgan fingerprint density at radius 3 is 2.65 bits per heavy atom. The molecule has 3 N–H and O–H groups in total. The van der Waals surface area contributed by atoms with Crippen LogP contribution in [0.2, 0.25) is 0 Å². The summed E-state index contributed by atoms with van der Waals surface area (Å²) in [6.07, 6.45) is 2.06. The number of hydrogen-bond acceptors (Lipinski definition) is 3. The second-order valence-corrected chi connectivity index (χ2v) is 4.81. The first-order valence-corrected chi connectivity index (χ1v) is 6.64. The largest absolute Gasteiger partial charge is 0.354 e. The van der Waals surface area contributed by atoms with E-state index in [2.05, 4.69) is 10.3 Å². The molecule has 104 valence electrons. The van der Waals surface area contributed by atoms with Crippen LogP contribution in [0.1, 0.15) is 22.9 Å². The van der Waals surface area contributed by atoms with Crippen molar-refractivity contribution in [3.05, 3.63) is 65.5 Å².